The monoisotopic (exact) mass is 336 g/mol. The highest BCUT2D eigenvalue weighted by Crippen LogP contribution is 2.26. The number of nitrogens with one attached hydrogen (secondary N) is 2. The zero-order valence-corrected chi connectivity index (χ0v) is 14.4. The van der Waals surface area contributed by atoms with Crippen LogP contribution in [0.15, 0.2) is 0 Å². The van der Waals surface area contributed by atoms with Crippen molar-refractivity contribution in [3.05, 3.63) is 11.3 Å². The van der Waals surface area contributed by atoms with Gasteiger partial charge in [-0.3, -0.25) is 0 Å². The van der Waals surface area contributed by atoms with Crippen molar-refractivity contribution >= 4 is 11.8 Å². The van der Waals surface area contributed by atoms with Crippen LogP contribution in [-0.4, -0.2) is 75.7 Å². The highest BCUT2D eigenvalue weighted by molar-refractivity contribution is 5.54. The van der Waals surface area contributed by atoms with Crippen molar-refractivity contribution in [2.24, 2.45) is 5.73 Å². The maximum atomic E-state index is 5.80. The molecule has 0 aliphatic carbocycles. The third-order valence-electron chi connectivity index (χ3n) is 4.45. The van der Waals surface area contributed by atoms with Crippen molar-refractivity contribution < 1.29 is 9.47 Å². The van der Waals surface area contributed by atoms with E-state index in [9.17, 15) is 0 Å². The third kappa shape index (κ3) is 4.13. The van der Waals surface area contributed by atoms with Gasteiger partial charge in [0, 0.05) is 51.8 Å². The molecular formula is C16H28N6O2. The number of nitrogens with two attached hydrogens (primary N) is 1. The van der Waals surface area contributed by atoms with E-state index >= 15 is 0 Å². The molecular weight excluding hydrogens is 308 g/mol. The fourth-order valence-electron chi connectivity index (χ4n) is 3.19. The molecule has 3 rings (SSSR count). The van der Waals surface area contributed by atoms with Crippen LogP contribution < -0.4 is 21.3 Å². The van der Waals surface area contributed by atoms with Gasteiger partial charge < -0.3 is 30.7 Å². The van der Waals surface area contributed by atoms with Gasteiger partial charge in [-0.05, 0) is 13.0 Å². The van der Waals surface area contributed by atoms with E-state index in [2.05, 4.69) is 15.5 Å². The van der Waals surface area contributed by atoms with Gasteiger partial charge in [0.15, 0.2) is 0 Å². The zero-order chi connectivity index (χ0) is 16.8. The molecule has 1 atom stereocenters. The molecule has 1 saturated heterocycles. The van der Waals surface area contributed by atoms with Gasteiger partial charge in [-0.15, -0.1) is 0 Å². The van der Waals surface area contributed by atoms with Gasteiger partial charge in [0.05, 0.1) is 25.0 Å². The van der Waals surface area contributed by atoms with Crippen LogP contribution in [0, 0.1) is 0 Å². The van der Waals surface area contributed by atoms with Gasteiger partial charge >= 0.3 is 0 Å². The Bertz CT molecular complexity index is 542. The molecule has 2 aliphatic rings. The first-order chi connectivity index (χ1) is 11.8. The number of ether oxygens (including phenoxy) is 2. The molecule has 1 aromatic heterocycles. The minimum atomic E-state index is 0.0677. The van der Waals surface area contributed by atoms with Gasteiger partial charge in [-0.1, -0.05) is 0 Å². The van der Waals surface area contributed by atoms with Crippen molar-refractivity contribution in [1.82, 2.24) is 15.3 Å². The molecule has 0 unspecified atom stereocenters. The molecule has 0 spiro atoms. The smallest absolute Gasteiger partial charge is 0.224 e. The number of hydrogen-bond acceptors (Lipinski definition) is 8. The summed E-state index contributed by atoms with van der Waals surface area (Å²) in [5, 5.41) is 6.72. The predicted octanol–water partition coefficient (Wildman–Crippen LogP) is -0.613. The minimum Gasteiger partial charge on any atom is -0.383 e. The molecule has 1 aromatic rings. The first-order valence-electron chi connectivity index (χ1n) is 8.71. The Morgan fingerprint density at radius 2 is 2.25 bits per heavy atom. The second-order valence-corrected chi connectivity index (χ2v) is 6.14. The first kappa shape index (κ1) is 17.3. The van der Waals surface area contributed by atoms with E-state index in [-0.39, 0.29) is 6.10 Å². The van der Waals surface area contributed by atoms with Gasteiger partial charge in [-0.2, -0.15) is 4.98 Å². The Kier molecular flexibility index (Phi) is 6.19. The van der Waals surface area contributed by atoms with Crippen LogP contribution in [0.4, 0.5) is 11.8 Å². The second-order valence-electron chi connectivity index (χ2n) is 6.14. The van der Waals surface area contributed by atoms with Crippen molar-refractivity contribution in [3.63, 3.8) is 0 Å². The molecule has 0 saturated carbocycles. The number of rotatable bonds is 6. The van der Waals surface area contributed by atoms with E-state index in [4.69, 9.17) is 25.2 Å². The van der Waals surface area contributed by atoms with Crippen LogP contribution in [0.5, 0.6) is 0 Å². The van der Waals surface area contributed by atoms with E-state index in [0.29, 0.717) is 32.3 Å². The molecule has 8 heteroatoms. The normalized spacial score (nSPS) is 21.2. The van der Waals surface area contributed by atoms with Gasteiger partial charge in [-0.25, -0.2) is 4.98 Å². The molecule has 3 heterocycles. The Balaban J connectivity index is 1.87. The predicted molar refractivity (Wildman–Crippen MR) is 93.7 cm³/mol. The summed E-state index contributed by atoms with van der Waals surface area (Å²) in [5.41, 5.74) is 8.20. The summed E-state index contributed by atoms with van der Waals surface area (Å²) in [6.45, 7) is 6.08. The van der Waals surface area contributed by atoms with Crippen LogP contribution in [0.1, 0.15) is 11.3 Å². The summed E-state index contributed by atoms with van der Waals surface area (Å²) in [5.74, 6) is 1.71. The molecule has 134 valence electrons. The summed E-state index contributed by atoms with van der Waals surface area (Å²) < 4.78 is 10.8. The number of anilines is 2. The molecule has 0 radical (unpaired) electrons. The Morgan fingerprint density at radius 3 is 3.08 bits per heavy atom. The molecule has 2 aliphatic heterocycles. The summed E-state index contributed by atoms with van der Waals surface area (Å²) >= 11 is 0. The lowest BCUT2D eigenvalue weighted by atomic mass is 10.1. The lowest BCUT2D eigenvalue weighted by Crippen LogP contribution is -2.46. The lowest BCUT2D eigenvalue weighted by Gasteiger charge is -2.34. The third-order valence-corrected chi connectivity index (χ3v) is 4.45. The van der Waals surface area contributed by atoms with Crippen LogP contribution in [0.3, 0.4) is 0 Å². The maximum Gasteiger partial charge on any atom is 0.224 e. The molecule has 1 fully saturated rings. The Labute approximate surface area is 143 Å². The van der Waals surface area contributed by atoms with E-state index in [1.165, 1.54) is 5.56 Å². The van der Waals surface area contributed by atoms with Crippen LogP contribution in [0.25, 0.3) is 0 Å². The van der Waals surface area contributed by atoms with Crippen molar-refractivity contribution in [3.8, 4) is 0 Å². The van der Waals surface area contributed by atoms with E-state index in [1.54, 1.807) is 7.11 Å². The maximum absolute atomic E-state index is 5.80. The Morgan fingerprint density at radius 1 is 1.38 bits per heavy atom. The average Bonchev–Trinajstić information content (AvgIpc) is 2.87. The van der Waals surface area contributed by atoms with E-state index in [0.717, 1.165) is 50.5 Å². The molecule has 0 amide bonds. The second kappa shape index (κ2) is 8.57. The van der Waals surface area contributed by atoms with Crippen LogP contribution in [-0.2, 0) is 22.3 Å². The van der Waals surface area contributed by atoms with Gasteiger partial charge in [0.25, 0.3) is 0 Å². The fraction of sp³-hybridized carbons (Fsp3) is 0.750. The fourth-order valence-corrected chi connectivity index (χ4v) is 3.19. The van der Waals surface area contributed by atoms with E-state index in [1.807, 2.05) is 0 Å². The Hall–Kier alpha value is -1.48. The molecule has 8 nitrogen and oxygen atoms in total. The lowest BCUT2D eigenvalue weighted by molar-refractivity contribution is 0.0462. The number of hydrogen-bond donors (Lipinski definition) is 3. The number of nitrogens with zero attached hydrogens (tertiary/aromatic N) is 3. The van der Waals surface area contributed by atoms with Crippen LogP contribution >= 0.6 is 0 Å². The number of morpholine rings is 1. The number of fused-ring (bicyclic) bond motifs is 1. The van der Waals surface area contributed by atoms with Crippen molar-refractivity contribution in [2.45, 2.75) is 18.9 Å². The number of aromatic nitrogens is 2. The zero-order valence-electron chi connectivity index (χ0n) is 14.4. The molecule has 0 bridgehead atoms. The number of methoxy groups -OCH3 is 1. The standard InChI is InChI=1S/C16H28N6O2/c1-23-8-6-19-16-20-14-3-5-18-4-2-13(14)15(21-16)22-7-9-24-12(10-17)11-22/h12,18H,2-11,17H2,1H3,(H,19,20,21)/t12-/m0/s1. The molecule has 24 heavy (non-hydrogen) atoms. The first-order valence-corrected chi connectivity index (χ1v) is 8.71. The van der Waals surface area contributed by atoms with E-state index < -0.39 is 0 Å². The minimum absolute atomic E-state index is 0.0677. The summed E-state index contributed by atoms with van der Waals surface area (Å²) in [6, 6.07) is 0. The SMILES string of the molecule is COCCNc1nc2c(c(N3CCO[C@@H](CN)C3)n1)CCNCC2. The summed E-state index contributed by atoms with van der Waals surface area (Å²) in [4.78, 5) is 11.9. The van der Waals surface area contributed by atoms with Crippen molar-refractivity contribution in [2.75, 3.05) is 69.8 Å². The molecule has 4 N–H and O–H groups in total. The molecule has 0 aromatic carbocycles. The van der Waals surface area contributed by atoms with Crippen LogP contribution in [0.2, 0.25) is 0 Å². The average molecular weight is 336 g/mol. The quantitative estimate of drug-likeness (QED) is 0.592. The summed E-state index contributed by atoms with van der Waals surface area (Å²) in [7, 11) is 1.69. The van der Waals surface area contributed by atoms with Gasteiger partial charge in [0.1, 0.15) is 5.82 Å². The highest BCUT2D eigenvalue weighted by Gasteiger charge is 2.25. The van der Waals surface area contributed by atoms with Gasteiger partial charge in [0.2, 0.25) is 5.95 Å². The summed E-state index contributed by atoms with van der Waals surface area (Å²) in [6.07, 6.45) is 1.94. The largest absolute Gasteiger partial charge is 0.383 e. The topological polar surface area (TPSA) is 97.6 Å². The van der Waals surface area contributed by atoms with Crippen molar-refractivity contribution in [1.29, 1.82) is 0 Å². The highest BCUT2D eigenvalue weighted by atomic mass is 16.5.